The average Bonchev–Trinajstić information content (AvgIpc) is 3.42. The molecule has 3 aromatic rings. The number of carbonyl (C=O) groups excluding carboxylic acids is 4. The number of ether oxygens (including phenoxy) is 1. The Morgan fingerprint density at radius 1 is 1.00 bits per heavy atom. The van der Waals surface area contributed by atoms with Gasteiger partial charge in [-0.05, 0) is 47.3 Å². The van der Waals surface area contributed by atoms with Crippen LogP contribution in [0.5, 0.6) is 0 Å². The molecule has 4 amide bonds. The molecule has 0 aliphatic carbocycles. The van der Waals surface area contributed by atoms with Crippen molar-refractivity contribution in [2.45, 2.75) is 59.0 Å². The van der Waals surface area contributed by atoms with Gasteiger partial charge in [0.25, 0.3) is 5.91 Å². The molecule has 1 aliphatic rings. The van der Waals surface area contributed by atoms with Crippen molar-refractivity contribution in [2.75, 3.05) is 20.2 Å². The van der Waals surface area contributed by atoms with E-state index in [1.165, 1.54) is 4.90 Å². The van der Waals surface area contributed by atoms with Crippen LogP contribution in [0.2, 0.25) is 0 Å². The van der Waals surface area contributed by atoms with Crippen molar-refractivity contribution in [1.29, 1.82) is 0 Å². The number of amides is 4. The maximum atomic E-state index is 13.8. The van der Waals surface area contributed by atoms with Crippen LogP contribution in [0, 0.1) is 5.41 Å². The van der Waals surface area contributed by atoms with E-state index in [1.54, 1.807) is 42.6 Å². The second kappa shape index (κ2) is 14.6. The number of thiophene rings is 1. The molecule has 0 saturated carbocycles. The van der Waals surface area contributed by atoms with Crippen LogP contribution in [0.4, 0.5) is 0 Å². The summed E-state index contributed by atoms with van der Waals surface area (Å²) in [5.74, 6) is -1.57. The zero-order valence-electron chi connectivity index (χ0n) is 25.8. The molecule has 2 heterocycles. The smallest absolute Gasteiger partial charge is 0.252 e. The molecule has 2 aromatic carbocycles. The minimum Gasteiger partial charge on any atom is -0.374 e. The van der Waals surface area contributed by atoms with Gasteiger partial charge in [-0.15, -0.1) is 11.3 Å². The van der Waals surface area contributed by atoms with Crippen molar-refractivity contribution >= 4 is 45.1 Å². The summed E-state index contributed by atoms with van der Waals surface area (Å²) >= 11 is 1.62. The second-order valence-corrected chi connectivity index (χ2v) is 12.8. The number of benzene rings is 2. The molecule has 0 saturated heterocycles. The van der Waals surface area contributed by atoms with E-state index < -0.39 is 35.4 Å². The molecule has 1 aromatic heterocycles. The molecule has 0 fully saturated rings. The van der Waals surface area contributed by atoms with E-state index in [0.29, 0.717) is 6.54 Å². The lowest BCUT2D eigenvalue weighted by Gasteiger charge is -2.36. The lowest BCUT2D eigenvalue weighted by Crippen LogP contribution is -2.58. The molecule has 0 bridgehead atoms. The number of hydrogen-bond donors (Lipinski definition) is 3. The number of rotatable bonds is 12. The number of carbonyl (C=O) groups is 4. The largest absolute Gasteiger partial charge is 0.374 e. The molecular formula is C33H41N5O5S. The zero-order valence-corrected chi connectivity index (χ0v) is 26.6. The summed E-state index contributed by atoms with van der Waals surface area (Å²) in [6.45, 7) is 7.44. The molecule has 3 N–H and O–H groups in total. The summed E-state index contributed by atoms with van der Waals surface area (Å²) in [5.41, 5.74) is 1.35. The minimum absolute atomic E-state index is 0.0266. The molecule has 0 spiro atoms. The highest BCUT2D eigenvalue weighted by Gasteiger charge is 2.37. The van der Waals surface area contributed by atoms with Gasteiger partial charge in [0.05, 0.1) is 32.3 Å². The molecule has 44 heavy (non-hydrogen) atoms. The maximum absolute atomic E-state index is 13.8. The first-order chi connectivity index (χ1) is 21.0. The monoisotopic (exact) mass is 619 g/mol. The highest BCUT2D eigenvalue weighted by Crippen LogP contribution is 2.28. The fraction of sp³-hybridized carbons (Fsp3) is 0.394. The lowest BCUT2D eigenvalue weighted by atomic mass is 9.86. The standard InChI is InChI=1S/C33H41N5O5S/c1-22(34-5)30(40)36-29(33(2,3)4)31(41)35-17-28(39)38-16-15-37(18-24-21-44-27-14-10-9-13-25(24)27)32(42)26(38)20-43-19-23-11-7-6-8-12-23/h6-16,21-22,26,29,34H,17-20H2,1-5H3,(H,35,41)(H,36,40)/t22-,26-,29+/m0/s1. The average molecular weight is 620 g/mol. The normalized spacial score (nSPS) is 16.6. The van der Waals surface area contributed by atoms with Crippen LogP contribution in [0.25, 0.3) is 10.1 Å². The quantitative estimate of drug-likeness (QED) is 0.286. The number of hydrogen-bond acceptors (Lipinski definition) is 7. The first kappa shape index (κ1) is 32.8. The Hall–Kier alpha value is -4.06. The molecule has 10 nitrogen and oxygen atoms in total. The van der Waals surface area contributed by atoms with Crippen molar-refractivity contribution in [2.24, 2.45) is 5.41 Å². The molecule has 11 heteroatoms. The lowest BCUT2D eigenvalue weighted by molar-refractivity contribution is -0.146. The topological polar surface area (TPSA) is 120 Å². The first-order valence-corrected chi connectivity index (χ1v) is 15.5. The molecule has 1 aliphatic heterocycles. The van der Waals surface area contributed by atoms with Gasteiger partial charge in [-0.3, -0.25) is 19.2 Å². The Morgan fingerprint density at radius 3 is 2.41 bits per heavy atom. The Bertz CT molecular complexity index is 1500. The van der Waals surface area contributed by atoms with Gasteiger partial charge in [-0.1, -0.05) is 69.3 Å². The van der Waals surface area contributed by atoms with Crippen LogP contribution in [0.3, 0.4) is 0 Å². The van der Waals surface area contributed by atoms with E-state index in [4.69, 9.17) is 4.74 Å². The fourth-order valence-electron chi connectivity index (χ4n) is 4.81. The van der Waals surface area contributed by atoms with Crippen LogP contribution in [0.15, 0.2) is 72.4 Å². The van der Waals surface area contributed by atoms with Crippen molar-refractivity contribution in [3.05, 3.63) is 83.5 Å². The van der Waals surface area contributed by atoms with E-state index in [-0.39, 0.29) is 31.6 Å². The molecular weight excluding hydrogens is 578 g/mol. The van der Waals surface area contributed by atoms with Gasteiger partial charge in [0, 0.05) is 17.1 Å². The predicted molar refractivity (Wildman–Crippen MR) is 171 cm³/mol. The summed E-state index contributed by atoms with van der Waals surface area (Å²) in [5, 5.41) is 11.4. The van der Waals surface area contributed by atoms with Crippen LogP contribution in [-0.4, -0.2) is 71.8 Å². The van der Waals surface area contributed by atoms with Crippen molar-refractivity contribution in [3.8, 4) is 0 Å². The van der Waals surface area contributed by atoms with Crippen LogP contribution in [-0.2, 0) is 37.1 Å². The van der Waals surface area contributed by atoms with Gasteiger partial charge >= 0.3 is 0 Å². The Kier molecular flexibility index (Phi) is 10.9. The van der Waals surface area contributed by atoms with E-state index in [9.17, 15) is 19.2 Å². The molecule has 234 valence electrons. The number of nitrogens with zero attached hydrogens (tertiary/aromatic N) is 2. The highest BCUT2D eigenvalue weighted by molar-refractivity contribution is 7.17. The molecule has 3 atom stereocenters. The number of likely N-dealkylation sites (N-methyl/N-ethyl adjacent to an activating group) is 1. The van der Waals surface area contributed by atoms with Gasteiger partial charge in [0.2, 0.25) is 17.7 Å². The van der Waals surface area contributed by atoms with Crippen molar-refractivity contribution in [3.63, 3.8) is 0 Å². The Morgan fingerprint density at radius 2 is 1.70 bits per heavy atom. The summed E-state index contributed by atoms with van der Waals surface area (Å²) in [6, 6.07) is 15.3. The first-order valence-electron chi connectivity index (χ1n) is 14.6. The van der Waals surface area contributed by atoms with Crippen molar-refractivity contribution < 1.29 is 23.9 Å². The molecule has 0 radical (unpaired) electrons. The molecule has 4 rings (SSSR count). The fourth-order valence-corrected chi connectivity index (χ4v) is 5.76. The van der Waals surface area contributed by atoms with E-state index in [1.807, 2.05) is 80.7 Å². The third kappa shape index (κ3) is 8.10. The number of nitrogens with one attached hydrogen (secondary N) is 3. The summed E-state index contributed by atoms with van der Waals surface area (Å²) in [6.07, 6.45) is 3.16. The Balaban J connectivity index is 1.48. The third-order valence-corrected chi connectivity index (χ3v) is 8.56. The highest BCUT2D eigenvalue weighted by atomic mass is 32.1. The van der Waals surface area contributed by atoms with Gasteiger partial charge in [0.1, 0.15) is 12.1 Å². The van der Waals surface area contributed by atoms with Gasteiger partial charge in [-0.25, -0.2) is 0 Å². The van der Waals surface area contributed by atoms with Crippen LogP contribution < -0.4 is 16.0 Å². The zero-order chi connectivity index (χ0) is 31.9. The van der Waals surface area contributed by atoms with Gasteiger partial charge in [0.15, 0.2) is 0 Å². The minimum atomic E-state index is -0.924. The van der Waals surface area contributed by atoms with E-state index in [2.05, 4.69) is 16.0 Å². The Labute approximate surface area is 262 Å². The SMILES string of the molecule is CN[C@@H](C)C(=O)N[C@H](C(=O)NCC(=O)N1C=CN(Cc2csc3ccccc23)C(=O)[C@@H]1COCc1ccccc1)C(C)(C)C. The summed E-state index contributed by atoms with van der Waals surface area (Å²) in [7, 11) is 1.66. The van der Waals surface area contributed by atoms with Gasteiger partial charge in [-0.2, -0.15) is 0 Å². The van der Waals surface area contributed by atoms with Crippen molar-refractivity contribution in [1.82, 2.24) is 25.8 Å². The van der Waals surface area contributed by atoms with Crippen LogP contribution in [0.1, 0.15) is 38.8 Å². The molecule has 0 unspecified atom stereocenters. The predicted octanol–water partition coefficient (Wildman–Crippen LogP) is 3.38. The third-order valence-electron chi connectivity index (χ3n) is 7.54. The summed E-state index contributed by atoms with van der Waals surface area (Å²) in [4.78, 5) is 55.9. The summed E-state index contributed by atoms with van der Waals surface area (Å²) < 4.78 is 7.07. The van der Waals surface area contributed by atoms with E-state index in [0.717, 1.165) is 21.2 Å². The number of fused-ring (bicyclic) bond motifs is 1. The van der Waals surface area contributed by atoms with E-state index >= 15 is 0 Å². The van der Waals surface area contributed by atoms with Gasteiger partial charge < -0.3 is 30.5 Å². The second-order valence-electron chi connectivity index (χ2n) is 11.9. The van der Waals surface area contributed by atoms with Crippen LogP contribution >= 0.6 is 11.3 Å². The maximum Gasteiger partial charge on any atom is 0.252 e.